The van der Waals surface area contributed by atoms with Gasteiger partial charge in [-0.15, -0.1) is 0 Å². The van der Waals surface area contributed by atoms with Gasteiger partial charge in [0.1, 0.15) is 5.75 Å². The first-order valence-electron chi connectivity index (χ1n) is 6.21. The average molecular weight is 237 g/mol. The fourth-order valence-electron chi connectivity index (χ4n) is 1.44. The summed E-state index contributed by atoms with van der Waals surface area (Å²) >= 11 is 0. The highest BCUT2D eigenvalue weighted by atomic mass is 16.5. The van der Waals surface area contributed by atoms with E-state index >= 15 is 0 Å². The van der Waals surface area contributed by atoms with E-state index in [1.54, 1.807) is 0 Å². The molecule has 0 heterocycles. The van der Waals surface area contributed by atoms with Crippen molar-refractivity contribution >= 4 is 5.69 Å². The van der Waals surface area contributed by atoms with Gasteiger partial charge in [-0.05, 0) is 37.6 Å². The van der Waals surface area contributed by atoms with E-state index in [2.05, 4.69) is 19.2 Å². The molecule has 0 saturated carbocycles. The number of anilines is 1. The van der Waals surface area contributed by atoms with Gasteiger partial charge in [-0.1, -0.05) is 13.8 Å². The van der Waals surface area contributed by atoms with Gasteiger partial charge in [0.25, 0.3) is 0 Å². The van der Waals surface area contributed by atoms with Crippen LogP contribution < -0.4 is 10.1 Å². The first-order valence-corrected chi connectivity index (χ1v) is 6.21. The van der Waals surface area contributed by atoms with Gasteiger partial charge in [0.05, 0.1) is 13.2 Å². The summed E-state index contributed by atoms with van der Waals surface area (Å²) < 4.78 is 5.38. The standard InChI is InChI=1S/C14H23NO2/c1-4-14(3,11-16)10-15-12-6-8-13(9-7-12)17-5-2/h6-9,15-16H,4-5,10-11H2,1-3H3. The van der Waals surface area contributed by atoms with E-state index in [9.17, 15) is 5.11 Å². The zero-order valence-corrected chi connectivity index (χ0v) is 11.0. The fraction of sp³-hybridized carbons (Fsp3) is 0.571. The van der Waals surface area contributed by atoms with Crippen molar-refractivity contribution in [2.24, 2.45) is 5.41 Å². The van der Waals surface area contributed by atoms with Crippen molar-refractivity contribution in [3.63, 3.8) is 0 Å². The Morgan fingerprint density at radius 1 is 1.24 bits per heavy atom. The Hall–Kier alpha value is -1.22. The Morgan fingerprint density at radius 3 is 2.35 bits per heavy atom. The van der Waals surface area contributed by atoms with Crippen LogP contribution in [0, 0.1) is 5.41 Å². The maximum absolute atomic E-state index is 9.32. The highest BCUT2D eigenvalue weighted by Crippen LogP contribution is 2.22. The van der Waals surface area contributed by atoms with E-state index in [0.717, 1.165) is 24.4 Å². The lowest BCUT2D eigenvalue weighted by Crippen LogP contribution is -2.29. The minimum Gasteiger partial charge on any atom is -0.494 e. The van der Waals surface area contributed by atoms with E-state index < -0.39 is 0 Å². The molecular formula is C14H23NO2. The molecule has 0 amide bonds. The van der Waals surface area contributed by atoms with Crippen LogP contribution in [0.15, 0.2) is 24.3 Å². The molecule has 3 heteroatoms. The summed E-state index contributed by atoms with van der Waals surface area (Å²) in [4.78, 5) is 0. The molecule has 1 atom stereocenters. The molecule has 0 aliphatic rings. The molecule has 0 aliphatic carbocycles. The Kier molecular flexibility index (Phi) is 5.29. The molecule has 1 aromatic carbocycles. The zero-order chi connectivity index (χ0) is 12.7. The molecule has 2 N–H and O–H groups in total. The molecular weight excluding hydrogens is 214 g/mol. The monoisotopic (exact) mass is 237 g/mol. The minimum atomic E-state index is -0.0570. The summed E-state index contributed by atoms with van der Waals surface area (Å²) in [5.41, 5.74) is 1.00. The highest BCUT2D eigenvalue weighted by molar-refractivity contribution is 5.46. The molecule has 0 aromatic heterocycles. The molecule has 0 saturated heterocycles. The third-order valence-electron chi connectivity index (χ3n) is 3.12. The third-order valence-corrected chi connectivity index (χ3v) is 3.12. The van der Waals surface area contributed by atoms with Gasteiger partial charge >= 0.3 is 0 Å². The van der Waals surface area contributed by atoms with Crippen LogP contribution in [0.5, 0.6) is 5.75 Å². The smallest absolute Gasteiger partial charge is 0.119 e. The molecule has 0 bridgehead atoms. The molecule has 1 unspecified atom stereocenters. The fourth-order valence-corrected chi connectivity index (χ4v) is 1.44. The predicted molar refractivity (Wildman–Crippen MR) is 71.6 cm³/mol. The number of nitrogens with one attached hydrogen (secondary N) is 1. The number of benzene rings is 1. The van der Waals surface area contributed by atoms with Crippen LogP contribution in [0.3, 0.4) is 0 Å². The molecule has 0 spiro atoms. The van der Waals surface area contributed by atoms with Crippen LogP contribution in [0.1, 0.15) is 27.2 Å². The largest absolute Gasteiger partial charge is 0.494 e. The summed E-state index contributed by atoms with van der Waals surface area (Å²) in [5, 5.41) is 12.7. The van der Waals surface area contributed by atoms with Crippen LogP contribution in [0.4, 0.5) is 5.69 Å². The molecule has 96 valence electrons. The number of ether oxygens (including phenoxy) is 1. The van der Waals surface area contributed by atoms with Gasteiger partial charge in [0.15, 0.2) is 0 Å². The topological polar surface area (TPSA) is 41.5 Å². The highest BCUT2D eigenvalue weighted by Gasteiger charge is 2.20. The second-order valence-corrected chi connectivity index (χ2v) is 4.63. The van der Waals surface area contributed by atoms with Crippen molar-refractivity contribution in [2.45, 2.75) is 27.2 Å². The molecule has 0 radical (unpaired) electrons. The van der Waals surface area contributed by atoms with Crippen LogP contribution in [0.2, 0.25) is 0 Å². The van der Waals surface area contributed by atoms with Crippen molar-refractivity contribution in [2.75, 3.05) is 25.1 Å². The number of aliphatic hydroxyl groups excluding tert-OH is 1. The van der Waals surface area contributed by atoms with E-state index in [-0.39, 0.29) is 12.0 Å². The molecule has 1 aromatic rings. The van der Waals surface area contributed by atoms with Gasteiger partial charge < -0.3 is 15.2 Å². The lowest BCUT2D eigenvalue weighted by Gasteiger charge is -2.26. The number of hydrogen-bond acceptors (Lipinski definition) is 3. The summed E-state index contributed by atoms with van der Waals surface area (Å²) in [6.45, 7) is 7.80. The van der Waals surface area contributed by atoms with Crippen LogP contribution in [-0.2, 0) is 0 Å². The van der Waals surface area contributed by atoms with Crippen LogP contribution >= 0.6 is 0 Å². The Labute approximate surface area is 104 Å². The zero-order valence-electron chi connectivity index (χ0n) is 11.0. The summed E-state index contributed by atoms with van der Waals surface area (Å²) in [5.74, 6) is 0.887. The molecule has 0 aliphatic heterocycles. The van der Waals surface area contributed by atoms with Crippen molar-refractivity contribution in [1.29, 1.82) is 0 Å². The first kappa shape index (κ1) is 13.8. The van der Waals surface area contributed by atoms with Crippen molar-refractivity contribution < 1.29 is 9.84 Å². The lowest BCUT2D eigenvalue weighted by atomic mass is 9.88. The van der Waals surface area contributed by atoms with Gasteiger partial charge in [-0.25, -0.2) is 0 Å². The van der Waals surface area contributed by atoms with Crippen LogP contribution in [-0.4, -0.2) is 24.9 Å². The molecule has 3 nitrogen and oxygen atoms in total. The first-order chi connectivity index (χ1) is 8.13. The van der Waals surface area contributed by atoms with Gasteiger partial charge in [-0.2, -0.15) is 0 Å². The predicted octanol–water partition coefficient (Wildman–Crippen LogP) is 2.91. The summed E-state index contributed by atoms with van der Waals surface area (Å²) in [7, 11) is 0. The second-order valence-electron chi connectivity index (χ2n) is 4.63. The maximum Gasteiger partial charge on any atom is 0.119 e. The summed E-state index contributed by atoms with van der Waals surface area (Å²) in [6.07, 6.45) is 0.952. The summed E-state index contributed by atoms with van der Waals surface area (Å²) in [6, 6.07) is 7.90. The maximum atomic E-state index is 9.32. The normalized spacial score (nSPS) is 14.1. The molecule has 1 rings (SSSR count). The Bertz CT molecular complexity index is 317. The van der Waals surface area contributed by atoms with E-state index in [4.69, 9.17) is 4.74 Å². The van der Waals surface area contributed by atoms with Gasteiger partial charge in [-0.3, -0.25) is 0 Å². The second kappa shape index (κ2) is 6.50. The van der Waals surface area contributed by atoms with E-state index in [1.807, 2.05) is 31.2 Å². The minimum absolute atomic E-state index is 0.0570. The molecule has 17 heavy (non-hydrogen) atoms. The average Bonchev–Trinajstić information content (AvgIpc) is 2.38. The van der Waals surface area contributed by atoms with Crippen molar-refractivity contribution in [3.8, 4) is 5.75 Å². The number of hydrogen-bond donors (Lipinski definition) is 2. The quantitative estimate of drug-likeness (QED) is 0.766. The van der Waals surface area contributed by atoms with Gasteiger partial charge in [0.2, 0.25) is 0 Å². The van der Waals surface area contributed by atoms with Crippen LogP contribution in [0.25, 0.3) is 0 Å². The van der Waals surface area contributed by atoms with E-state index in [1.165, 1.54) is 0 Å². The van der Waals surface area contributed by atoms with E-state index in [0.29, 0.717) is 6.61 Å². The number of aliphatic hydroxyl groups is 1. The van der Waals surface area contributed by atoms with Crippen molar-refractivity contribution in [1.82, 2.24) is 0 Å². The third kappa shape index (κ3) is 4.27. The molecule has 0 fully saturated rings. The van der Waals surface area contributed by atoms with Crippen molar-refractivity contribution in [3.05, 3.63) is 24.3 Å². The Balaban J connectivity index is 2.52. The lowest BCUT2D eigenvalue weighted by molar-refractivity contribution is 0.149. The van der Waals surface area contributed by atoms with Gasteiger partial charge in [0, 0.05) is 17.6 Å². The Morgan fingerprint density at radius 2 is 1.88 bits per heavy atom. The number of rotatable bonds is 7. The SMILES string of the molecule is CCOc1ccc(NCC(C)(CC)CO)cc1.